The highest BCUT2D eigenvalue weighted by atomic mass is 32.2. The molecular formula is C11H14N2O3S. The first-order valence-corrected chi connectivity index (χ1v) is 6.50. The van der Waals surface area contributed by atoms with Crippen LogP contribution in [0, 0.1) is 0 Å². The normalized spacial score (nSPS) is 10.9. The fraction of sp³-hybridized carbons (Fsp3) is 0.182. The number of rotatable bonds is 5. The summed E-state index contributed by atoms with van der Waals surface area (Å²) in [5.41, 5.74) is 0.918. The van der Waals surface area contributed by atoms with Crippen molar-refractivity contribution in [3.63, 3.8) is 0 Å². The van der Waals surface area contributed by atoms with Crippen molar-refractivity contribution in [1.29, 1.82) is 0 Å². The van der Waals surface area contributed by atoms with Crippen LogP contribution in [-0.2, 0) is 21.2 Å². The Hall–Kier alpha value is -1.66. The van der Waals surface area contributed by atoms with Gasteiger partial charge in [-0.1, -0.05) is 18.7 Å². The van der Waals surface area contributed by atoms with Crippen molar-refractivity contribution >= 4 is 15.9 Å². The number of nitrogens with one attached hydrogen (secondary N) is 1. The Balaban J connectivity index is 2.57. The molecule has 92 valence electrons. The third-order valence-electron chi connectivity index (χ3n) is 2.15. The molecule has 1 aromatic carbocycles. The molecule has 0 aliphatic heterocycles. The summed E-state index contributed by atoms with van der Waals surface area (Å²) in [4.78, 5) is 10.9. The summed E-state index contributed by atoms with van der Waals surface area (Å²) < 4.78 is 22.0. The van der Waals surface area contributed by atoms with Gasteiger partial charge in [-0.3, -0.25) is 4.79 Å². The second-order valence-corrected chi connectivity index (χ2v) is 5.00. The van der Waals surface area contributed by atoms with Gasteiger partial charge in [-0.15, -0.1) is 0 Å². The Labute approximate surface area is 100 Å². The molecule has 0 fully saturated rings. The quantitative estimate of drug-likeness (QED) is 0.734. The molecule has 0 radical (unpaired) electrons. The molecule has 0 saturated heterocycles. The van der Waals surface area contributed by atoms with E-state index in [0.29, 0.717) is 13.0 Å². The fourth-order valence-electron chi connectivity index (χ4n) is 1.25. The van der Waals surface area contributed by atoms with Gasteiger partial charge < -0.3 is 5.32 Å². The predicted molar refractivity (Wildman–Crippen MR) is 64.7 cm³/mol. The van der Waals surface area contributed by atoms with Crippen LogP contribution in [-0.4, -0.2) is 20.9 Å². The number of sulfonamides is 1. The molecule has 17 heavy (non-hydrogen) atoms. The number of primary sulfonamides is 1. The number of carbonyl (C=O) groups is 1. The minimum atomic E-state index is -3.64. The van der Waals surface area contributed by atoms with Crippen molar-refractivity contribution in [2.24, 2.45) is 5.14 Å². The lowest BCUT2D eigenvalue weighted by molar-refractivity contribution is -0.116. The van der Waals surface area contributed by atoms with Gasteiger partial charge in [0.1, 0.15) is 0 Å². The standard InChI is InChI=1S/C11H14N2O3S/c1-2-11(14)13-8-7-9-3-5-10(6-4-9)17(12,15)16/h2-6H,1,7-8H2,(H,13,14)(H2,12,15,16). The number of benzene rings is 1. The van der Waals surface area contributed by atoms with Crippen LogP contribution in [0.3, 0.4) is 0 Å². The molecular weight excluding hydrogens is 240 g/mol. The monoisotopic (exact) mass is 254 g/mol. The summed E-state index contributed by atoms with van der Waals surface area (Å²) in [6.45, 7) is 3.80. The largest absolute Gasteiger partial charge is 0.352 e. The van der Waals surface area contributed by atoms with E-state index in [4.69, 9.17) is 5.14 Å². The summed E-state index contributed by atoms with van der Waals surface area (Å²) in [6.07, 6.45) is 1.81. The minimum Gasteiger partial charge on any atom is -0.352 e. The number of hydrogen-bond acceptors (Lipinski definition) is 3. The van der Waals surface area contributed by atoms with Crippen molar-refractivity contribution in [3.05, 3.63) is 42.5 Å². The lowest BCUT2D eigenvalue weighted by Crippen LogP contribution is -2.23. The average Bonchev–Trinajstić information content (AvgIpc) is 2.28. The highest BCUT2D eigenvalue weighted by Crippen LogP contribution is 2.08. The molecule has 6 heteroatoms. The maximum Gasteiger partial charge on any atom is 0.243 e. The van der Waals surface area contributed by atoms with Crippen molar-refractivity contribution in [1.82, 2.24) is 5.32 Å². The van der Waals surface area contributed by atoms with Gasteiger partial charge in [0, 0.05) is 6.54 Å². The highest BCUT2D eigenvalue weighted by molar-refractivity contribution is 7.89. The topological polar surface area (TPSA) is 89.3 Å². The fourth-order valence-corrected chi connectivity index (χ4v) is 1.76. The van der Waals surface area contributed by atoms with E-state index in [9.17, 15) is 13.2 Å². The molecule has 0 aliphatic rings. The van der Waals surface area contributed by atoms with Crippen LogP contribution in [0.15, 0.2) is 41.8 Å². The summed E-state index contributed by atoms with van der Waals surface area (Å²) in [5.74, 6) is -0.230. The number of nitrogens with two attached hydrogens (primary N) is 1. The van der Waals surface area contributed by atoms with Gasteiger partial charge in [-0.25, -0.2) is 13.6 Å². The second-order valence-electron chi connectivity index (χ2n) is 3.43. The average molecular weight is 254 g/mol. The number of amides is 1. The van der Waals surface area contributed by atoms with Crippen molar-refractivity contribution in [3.8, 4) is 0 Å². The summed E-state index contributed by atoms with van der Waals surface area (Å²) >= 11 is 0. The molecule has 0 bridgehead atoms. The molecule has 0 heterocycles. The first kappa shape index (κ1) is 13.4. The first-order chi connectivity index (χ1) is 7.93. The smallest absolute Gasteiger partial charge is 0.243 e. The van der Waals surface area contributed by atoms with E-state index in [-0.39, 0.29) is 10.8 Å². The zero-order valence-electron chi connectivity index (χ0n) is 9.22. The van der Waals surface area contributed by atoms with Crippen LogP contribution in [0.5, 0.6) is 0 Å². The van der Waals surface area contributed by atoms with Gasteiger partial charge in [-0.05, 0) is 30.2 Å². The van der Waals surface area contributed by atoms with Crippen LogP contribution in [0.2, 0.25) is 0 Å². The van der Waals surface area contributed by atoms with Gasteiger partial charge >= 0.3 is 0 Å². The van der Waals surface area contributed by atoms with Crippen LogP contribution >= 0.6 is 0 Å². The number of hydrogen-bond donors (Lipinski definition) is 2. The predicted octanol–water partition coefficient (Wildman–Crippen LogP) is 0.179. The van der Waals surface area contributed by atoms with Gasteiger partial charge in [0.2, 0.25) is 15.9 Å². The summed E-state index contributed by atoms with van der Waals surface area (Å²) in [5, 5.41) is 7.59. The van der Waals surface area contributed by atoms with E-state index < -0.39 is 10.0 Å². The molecule has 0 atom stereocenters. The van der Waals surface area contributed by atoms with Crippen LogP contribution < -0.4 is 10.5 Å². The van der Waals surface area contributed by atoms with Gasteiger partial charge in [0.15, 0.2) is 0 Å². The third-order valence-corrected chi connectivity index (χ3v) is 3.08. The minimum absolute atomic E-state index is 0.0800. The lowest BCUT2D eigenvalue weighted by Gasteiger charge is -2.03. The number of carbonyl (C=O) groups excluding carboxylic acids is 1. The summed E-state index contributed by atoms with van der Waals surface area (Å²) in [7, 11) is -3.64. The van der Waals surface area contributed by atoms with Crippen molar-refractivity contribution in [2.45, 2.75) is 11.3 Å². The molecule has 0 aromatic heterocycles. The van der Waals surface area contributed by atoms with E-state index in [1.807, 2.05) is 0 Å². The van der Waals surface area contributed by atoms with Gasteiger partial charge in [0.05, 0.1) is 4.90 Å². The first-order valence-electron chi connectivity index (χ1n) is 4.95. The Morgan fingerprint density at radius 2 is 1.94 bits per heavy atom. The Bertz CT molecular complexity index is 506. The van der Waals surface area contributed by atoms with Crippen molar-refractivity contribution in [2.75, 3.05) is 6.54 Å². The van der Waals surface area contributed by atoms with Crippen LogP contribution in [0.1, 0.15) is 5.56 Å². The zero-order chi connectivity index (χ0) is 12.9. The molecule has 3 N–H and O–H groups in total. The molecule has 1 amide bonds. The van der Waals surface area contributed by atoms with E-state index in [0.717, 1.165) is 5.56 Å². The Kier molecular flexibility index (Phi) is 4.42. The third kappa shape index (κ3) is 4.38. The van der Waals surface area contributed by atoms with E-state index in [1.165, 1.54) is 18.2 Å². The molecule has 5 nitrogen and oxygen atoms in total. The van der Waals surface area contributed by atoms with E-state index >= 15 is 0 Å². The van der Waals surface area contributed by atoms with E-state index in [1.54, 1.807) is 12.1 Å². The zero-order valence-corrected chi connectivity index (χ0v) is 10.0. The molecule has 0 unspecified atom stereocenters. The molecule has 1 rings (SSSR count). The highest BCUT2D eigenvalue weighted by Gasteiger charge is 2.06. The lowest BCUT2D eigenvalue weighted by atomic mass is 10.1. The Morgan fingerprint density at radius 3 is 2.41 bits per heavy atom. The molecule has 0 saturated carbocycles. The molecule has 1 aromatic rings. The maximum atomic E-state index is 11.0. The van der Waals surface area contributed by atoms with Crippen molar-refractivity contribution < 1.29 is 13.2 Å². The van der Waals surface area contributed by atoms with Gasteiger partial charge in [0.25, 0.3) is 0 Å². The van der Waals surface area contributed by atoms with Crippen LogP contribution in [0.4, 0.5) is 0 Å². The van der Waals surface area contributed by atoms with E-state index in [2.05, 4.69) is 11.9 Å². The van der Waals surface area contributed by atoms with Crippen LogP contribution in [0.25, 0.3) is 0 Å². The molecule has 0 spiro atoms. The van der Waals surface area contributed by atoms with Gasteiger partial charge in [-0.2, -0.15) is 0 Å². The SMILES string of the molecule is C=CC(=O)NCCc1ccc(S(N)(=O)=O)cc1. The summed E-state index contributed by atoms with van der Waals surface area (Å²) in [6, 6.07) is 6.22. The maximum absolute atomic E-state index is 11.0. The molecule has 0 aliphatic carbocycles. The Morgan fingerprint density at radius 1 is 1.35 bits per heavy atom. The second kappa shape index (κ2) is 5.60.